The van der Waals surface area contributed by atoms with Crippen LogP contribution in [0.5, 0.6) is 11.5 Å². The number of carbonyl (C=O) groups excluding carboxylic acids is 1. The van der Waals surface area contributed by atoms with Gasteiger partial charge in [0, 0.05) is 7.05 Å². The number of ether oxygens (including phenoxy) is 2. The van der Waals surface area contributed by atoms with Crippen LogP contribution in [0, 0.1) is 0 Å². The fraction of sp³-hybridized carbons (Fsp3) is 0.278. The quantitative estimate of drug-likeness (QED) is 0.602. The van der Waals surface area contributed by atoms with Crippen molar-refractivity contribution in [1.82, 2.24) is 5.06 Å². The minimum atomic E-state index is -1.04. The van der Waals surface area contributed by atoms with Crippen LogP contribution in [-0.2, 0) is 11.4 Å². The first-order chi connectivity index (χ1) is 11.5. The van der Waals surface area contributed by atoms with Crippen molar-refractivity contribution in [1.29, 1.82) is 0 Å². The Hall–Kier alpha value is -2.57. The maximum absolute atomic E-state index is 11.5. The first-order valence-electron chi connectivity index (χ1n) is 7.49. The van der Waals surface area contributed by atoms with Gasteiger partial charge in [0.1, 0.15) is 6.61 Å². The van der Waals surface area contributed by atoms with Crippen molar-refractivity contribution in [2.45, 2.75) is 19.1 Å². The molecule has 0 aliphatic rings. The van der Waals surface area contributed by atoms with E-state index in [0.717, 1.165) is 5.56 Å². The molecule has 1 unspecified atom stereocenters. The van der Waals surface area contributed by atoms with Gasteiger partial charge in [-0.15, -0.1) is 0 Å². The highest BCUT2D eigenvalue weighted by Crippen LogP contribution is 2.31. The minimum absolute atomic E-state index is 0.222. The van der Waals surface area contributed by atoms with Crippen molar-refractivity contribution in [2.75, 3.05) is 14.2 Å². The first kappa shape index (κ1) is 17.8. The van der Waals surface area contributed by atoms with E-state index < -0.39 is 12.0 Å². The van der Waals surface area contributed by atoms with Gasteiger partial charge in [-0.1, -0.05) is 36.4 Å². The third-order valence-electron chi connectivity index (χ3n) is 3.54. The molecule has 0 radical (unpaired) electrons. The van der Waals surface area contributed by atoms with Gasteiger partial charge in [-0.05, 0) is 23.3 Å². The number of aliphatic hydroxyl groups is 1. The summed E-state index contributed by atoms with van der Waals surface area (Å²) in [5.74, 6) is 0.432. The molecule has 6 heteroatoms. The average molecular weight is 331 g/mol. The number of nitrogens with zero attached hydrogens (tertiary/aromatic N) is 1. The second kappa shape index (κ2) is 8.33. The molecule has 24 heavy (non-hydrogen) atoms. The maximum Gasteiger partial charge on any atom is 0.248 e. The molecule has 0 saturated carbocycles. The Morgan fingerprint density at radius 3 is 2.50 bits per heavy atom. The van der Waals surface area contributed by atoms with Crippen LogP contribution < -0.4 is 9.47 Å². The second-order valence-corrected chi connectivity index (χ2v) is 5.32. The van der Waals surface area contributed by atoms with E-state index in [9.17, 15) is 9.90 Å². The number of methoxy groups -OCH3 is 1. The van der Waals surface area contributed by atoms with Crippen LogP contribution in [0.4, 0.5) is 0 Å². The van der Waals surface area contributed by atoms with Crippen LogP contribution in [0.3, 0.4) is 0 Å². The number of aliphatic hydroxyl groups excluding tert-OH is 1. The normalized spacial score (nSPS) is 11.7. The van der Waals surface area contributed by atoms with Gasteiger partial charge in [0.05, 0.1) is 19.6 Å². The third-order valence-corrected chi connectivity index (χ3v) is 3.54. The van der Waals surface area contributed by atoms with Gasteiger partial charge in [0.2, 0.25) is 5.91 Å². The van der Waals surface area contributed by atoms with Gasteiger partial charge in [-0.2, -0.15) is 0 Å². The summed E-state index contributed by atoms with van der Waals surface area (Å²) in [5.41, 5.74) is 1.54. The molecular formula is C18H21NO5. The summed E-state index contributed by atoms with van der Waals surface area (Å²) in [5, 5.41) is 19.6. The molecule has 1 amide bonds. The van der Waals surface area contributed by atoms with Crippen molar-refractivity contribution in [3.05, 3.63) is 59.7 Å². The smallest absolute Gasteiger partial charge is 0.248 e. The predicted octanol–water partition coefficient (Wildman–Crippen LogP) is 2.55. The van der Waals surface area contributed by atoms with Crippen LogP contribution in [0.2, 0.25) is 0 Å². The first-order valence-corrected chi connectivity index (χ1v) is 7.49. The molecule has 2 rings (SSSR count). The summed E-state index contributed by atoms with van der Waals surface area (Å²) in [4.78, 5) is 11.5. The number of rotatable bonds is 7. The summed E-state index contributed by atoms with van der Waals surface area (Å²) in [6.45, 7) is 0.396. The Labute approximate surface area is 140 Å². The topological polar surface area (TPSA) is 79.2 Å². The Morgan fingerprint density at radius 1 is 1.17 bits per heavy atom. The summed E-state index contributed by atoms with van der Waals surface area (Å²) < 4.78 is 11.0. The number of hydrogen-bond acceptors (Lipinski definition) is 5. The zero-order valence-corrected chi connectivity index (χ0v) is 13.7. The van der Waals surface area contributed by atoms with Gasteiger partial charge in [-0.3, -0.25) is 10.0 Å². The molecule has 0 aliphatic carbocycles. The molecular weight excluding hydrogens is 310 g/mol. The highest BCUT2D eigenvalue weighted by Gasteiger charge is 2.17. The summed E-state index contributed by atoms with van der Waals surface area (Å²) in [6, 6.07) is 14.7. The van der Waals surface area contributed by atoms with E-state index in [4.69, 9.17) is 14.7 Å². The van der Waals surface area contributed by atoms with Gasteiger partial charge < -0.3 is 14.6 Å². The van der Waals surface area contributed by atoms with Crippen LogP contribution in [0.1, 0.15) is 23.7 Å². The zero-order valence-electron chi connectivity index (χ0n) is 13.7. The number of hydroxylamine groups is 2. The highest BCUT2D eigenvalue weighted by atomic mass is 16.5. The minimum Gasteiger partial charge on any atom is -0.493 e. The van der Waals surface area contributed by atoms with Crippen molar-refractivity contribution >= 4 is 5.91 Å². The van der Waals surface area contributed by atoms with E-state index >= 15 is 0 Å². The summed E-state index contributed by atoms with van der Waals surface area (Å²) >= 11 is 0. The van der Waals surface area contributed by atoms with E-state index in [1.807, 2.05) is 30.3 Å². The fourth-order valence-corrected chi connectivity index (χ4v) is 2.16. The predicted molar refractivity (Wildman–Crippen MR) is 87.9 cm³/mol. The molecule has 2 aromatic carbocycles. The number of benzene rings is 2. The van der Waals surface area contributed by atoms with Gasteiger partial charge >= 0.3 is 0 Å². The van der Waals surface area contributed by atoms with Crippen LogP contribution >= 0.6 is 0 Å². The van der Waals surface area contributed by atoms with Crippen molar-refractivity contribution < 1.29 is 24.6 Å². The van der Waals surface area contributed by atoms with Gasteiger partial charge in [0.15, 0.2) is 11.5 Å². The van der Waals surface area contributed by atoms with Gasteiger partial charge in [0.25, 0.3) is 0 Å². The lowest BCUT2D eigenvalue weighted by Crippen LogP contribution is -2.24. The number of carbonyl (C=O) groups is 1. The number of amides is 1. The Kier molecular flexibility index (Phi) is 6.17. The van der Waals surface area contributed by atoms with Crippen molar-refractivity contribution in [3.8, 4) is 11.5 Å². The van der Waals surface area contributed by atoms with Crippen LogP contribution in [-0.4, -0.2) is 35.4 Å². The van der Waals surface area contributed by atoms with Crippen LogP contribution in [0.25, 0.3) is 0 Å². The third kappa shape index (κ3) is 4.71. The lowest BCUT2D eigenvalue weighted by atomic mass is 10.1. The molecule has 0 spiro atoms. The molecule has 1 atom stereocenters. The lowest BCUT2D eigenvalue weighted by molar-refractivity contribution is -0.161. The zero-order chi connectivity index (χ0) is 17.5. The van der Waals surface area contributed by atoms with E-state index in [1.165, 1.54) is 14.2 Å². The molecule has 0 fully saturated rings. The largest absolute Gasteiger partial charge is 0.493 e. The summed E-state index contributed by atoms with van der Waals surface area (Å²) in [6.07, 6.45) is -1.26. The van der Waals surface area contributed by atoms with Crippen molar-refractivity contribution in [3.63, 3.8) is 0 Å². The molecule has 0 heterocycles. The highest BCUT2D eigenvalue weighted by molar-refractivity contribution is 5.75. The van der Waals surface area contributed by atoms with Crippen LogP contribution in [0.15, 0.2) is 48.5 Å². The molecule has 2 aromatic rings. The van der Waals surface area contributed by atoms with E-state index in [-0.39, 0.29) is 6.42 Å². The molecule has 0 bridgehead atoms. The molecule has 128 valence electrons. The lowest BCUT2D eigenvalue weighted by Gasteiger charge is -2.16. The second-order valence-electron chi connectivity index (χ2n) is 5.32. The molecule has 0 saturated heterocycles. The Balaban J connectivity index is 2.08. The standard InChI is InChI=1S/C18H21NO5/c1-19(22)18(21)11-15(20)14-8-9-16(17(10-14)23-2)24-12-13-6-4-3-5-7-13/h3-10,15,20,22H,11-12H2,1-2H3. The van der Waals surface area contributed by atoms with E-state index in [1.54, 1.807) is 18.2 Å². The Morgan fingerprint density at radius 2 is 1.88 bits per heavy atom. The van der Waals surface area contributed by atoms with E-state index in [2.05, 4.69) is 0 Å². The average Bonchev–Trinajstić information content (AvgIpc) is 2.60. The van der Waals surface area contributed by atoms with E-state index in [0.29, 0.717) is 28.7 Å². The van der Waals surface area contributed by atoms with Crippen molar-refractivity contribution in [2.24, 2.45) is 0 Å². The maximum atomic E-state index is 11.5. The molecule has 2 N–H and O–H groups in total. The molecule has 0 aromatic heterocycles. The monoisotopic (exact) mass is 331 g/mol. The SMILES string of the molecule is COc1cc(C(O)CC(=O)N(C)O)ccc1OCc1ccccc1. The molecule has 0 aliphatic heterocycles. The Bertz CT molecular complexity index is 672. The summed E-state index contributed by atoms with van der Waals surface area (Å²) in [7, 11) is 2.73. The number of hydrogen-bond donors (Lipinski definition) is 2. The van der Waals surface area contributed by atoms with Gasteiger partial charge in [-0.25, -0.2) is 5.06 Å². The fourth-order valence-electron chi connectivity index (χ4n) is 2.16. The molecule has 6 nitrogen and oxygen atoms in total.